The molecule has 3 rings (SSSR count). The molecule has 1 fully saturated rings. The molecular weight excluding hydrogens is 423 g/mol. The number of nitrogens with one attached hydrogen (secondary N) is 1. The number of carbonyl (C=O) groups is 1. The molecule has 10 heteroatoms. The third kappa shape index (κ3) is 5.05. The average molecular weight is 445 g/mol. The van der Waals surface area contributed by atoms with Crippen molar-refractivity contribution in [3.63, 3.8) is 0 Å². The molecule has 1 N–H and O–H groups in total. The van der Waals surface area contributed by atoms with E-state index in [2.05, 4.69) is 10.4 Å². The number of hydrogen-bond acceptors (Lipinski definition) is 5. The van der Waals surface area contributed by atoms with Gasteiger partial charge in [-0.1, -0.05) is 29.3 Å². The Bertz CT molecular complexity index is 977. The van der Waals surface area contributed by atoms with E-state index >= 15 is 0 Å². The van der Waals surface area contributed by atoms with E-state index in [1.165, 1.54) is 0 Å². The van der Waals surface area contributed by atoms with Crippen LogP contribution < -0.4 is 5.32 Å². The number of hydrogen-bond donors (Lipinski definition) is 1. The summed E-state index contributed by atoms with van der Waals surface area (Å²) in [7, 11) is -1.38. The largest absolute Gasteiger partial charge is 0.348 e. The Hall–Kier alpha value is -1.61. The zero-order valence-electron chi connectivity index (χ0n) is 15.6. The molecule has 2 aromatic rings. The maximum atomic E-state index is 12.6. The monoisotopic (exact) mass is 444 g/mol. The summed E-state index contributed by atoms with van der Waals surface area (Å²) >= 11 is 12.1. The SMILES string of the molecule is C[C@@H](NC(=O)CN1CCS(=O)(=O)C[C@@H]1c1cnn(C)c1)c1ccc(Cl)cc1Cl. The van der Waals surface area contributed by atoms with Crippen molar-refractivity contribution in [1.82, 2.24) is 20.0 Å². The molecule has 0 bridgehead atoms. The highest BCUT2D eigenvalue weighted by atomic mass is 35.5. The molecule has 1 aromatic heterocycles. The summed E-state index contributed by atoms with van der Waals surface area (Å²) in [4.78, 5) is 14.5. The maximum Gasteiger partial charge on any atom is 0.234 e. The lowest BCUT2D eigenvalue weighted by molar-refractivity contribution is -0.123. The van der Waals surface area contributed by atoms with Gasteiger partial charge in [-0.15, -0.1) is 0 Å². The molecule has 1 aliphatic rings. The van der Waals surface area contributed by atoms with Crippen LogP contribution in [0.5, 0.6) is 0 Å². The molecule has 0 unspecified atom stereocenters. The second kappa shape index (κ2) is 8.41. The number of rotatable bonds is 5. The van der Waals surface area contributed by atoms with E-state index in [-0.39, 0.29) is 30.0 Å². The molecule has 0 radical (unpaired) electrons. The topological polar surface area (TPSA) is 84.3 Å². The number of benzene rings is 1. The van der Waals surface area contributed by atoms with Crippen LogP contribution in [0.3, 0.4) is 0 Å². The van der Waals surface area contributed by atoms with Gasteiger partial charge in [0.25, 0.3) is 0 Å². The van der Waals surface area contributed by atoms with E-state index in [0.29, 0.717) is 16.6 Å². The fraction of sp³-hybridized carbons (Fsp3) is 0.444. The van der Waals surface area contributed by atoms with Crippen molar-refractivity contribution in [2.75, 3.05) is 24.6 Å². The van der Waals surface area contributed by atoms with Gasteiger partial charge in [-0.3, -0.25) is 14.4 Å². The summed E-state index contributed by atoms with van der Waals surface area (Å²) < 4.78 is 25.9. The first-order chi connectivity index (χ1) is 13.1. The summed E-state index contributed by atoms with van der Waals surface area (Å²) in [5.41, 5.74) is 1.55. The molecule has 7 nitrogen and oxygen atoms in total. The van der Waals surface area contributed by atoms with Gasteiger partial charge in [-0.2, -0.15) is 5.10 Å². The van der Waals surface area contributed by atoms with Gasteiger partial charge >= 0.3 is 0 Å². The fourth-order valence-corrected chi connectivity index (χ4v) is 5.49. The van der Waals surface area contributed by atoms with E-state index in [9.17, 15) is 13.2 Å². The zero-order chi connectivity index (χ0) is 20.5. The number of amides is 1. The normalized spacial score (nSPS) is 20.6. The van der Waals surface area contributed by atoms with Gasteiger partial charge in [0.05, 0.1) is 36.3 Å². The van der Waals surface area contributed by atoms with Gasteiger partial charge in [0.1, 0.15) is 0 Å². The lowest BCUT2D eigenvalue weighted by Crippen LogP contribution is -2.47. The van der Waals surface area contributed by atoms with Gasteiger partial charge in [-0.05, 0) is 24.6 Å². The van der Waals surface area contributed by atoms with E-state index < -0.39 is 15.9 Å². The molecule has 1 aromatic carbocycles. The molecule has 0 spiro atoms. The Kier molecular flexibility index (Phi) is 6.34. The molecule has 0 saturated carbocycles. The quantitative estimate of drug-likeness (QED) is 0.764. The van der Waals surface area contributed by atoms with Crippen LogP contribution in [0.25, 0.3) is 0 Å². The summed E-state index contributed by atoms with van der Waals surface area (Å²) in [6.45, 7) is 2.22. The molecule has 152 valence electrons. The number of carbonyl (C=O) groups excluding carboxylic acids is 1. The Labute approximate surface area is 174 Å². The van der Waals surface area contributed by atoms with Gasteiger partial charge in [0.15, 0.2) is 9.84 Å². The Morgan fingerprint density at radius 1 is 1.39 bits per heavy atom. The Morgan fingerprint density at radius 3 is 2.79 bits per heavy atom. The van der Waals surface area contributed by atoms with Gasteiger partial charge in [0.2, 0.25) is 5.91 Å². The van der Waals surface area contributed by atoms with Crippen LogP contribution in [0.1, 0.15) is 30.1 Å². The van der Waals surface area contributed by atoms with Gasteiger partial charge < -0.3 is 5.32 Å². The summed E-state index contributed by atoms with van der Waals surface area (Å²) in [5.74, 6) is -0.188. The fourth-order valence-electron chi connectivity index (χ4n) is 3.35. The number of halogens is 2. The van der Waals surface area contributed by atoms with Gasteiger partial charge in [-0.25, -0.2) is 8.42 Å². The highest BCUT2D eigenvalue weighted by molar-refractivity contribution is 7.91. The molecule has 1 amide bonds. The molecule has 28 heavy (non-hydrogen) atoms. The van der Waals surface area contributed by atoms with E-state index in [4.69, 9.17) is 23.2 Å². The number of aromatic nitrogens is 2. The number of sulfone groups is 1. The van der Waals surface area contributed by atoms with Crippen LogP contribution >= 0.6 is 23.2 Å². The highest BCUT2D eigenvalue weighted by Crippen LogP contribution is 2.28. The maximum absolute atomic E-state index is 12.6. The Morgan fingerprint density at radius 2 is 2.14 bits per heavy atom. The minimum Gasteiger partial charge on any atom is -0.348 e. The van der Waals surface area contributed by atoms with Crippen LogP contribution in [0.15, 0.2) is 30.6 Å². The van der Waals surface area contributed by atoms with Crippen molar-refractivity contribution in [3.8, 4) is 0 Å². The summed E-state index contributed by atoms with van der Waals surface area (Å²) in [6.07, 6.45) is 3.43. The average Bonchev–Trinajstić information content (AvgIpc) is 3.02. The van der Waals surface area contributed by atoms with Crippen molar-refractivity contribution in [2.24, 2.45) is 7.05 Å². The molecular formula is C18H22Cl2N4O3S. The van der Waals surface area contributed by atoms with Crippen molar-refractivity contribution in [1.29, 1.82) is 0 Å². The van der Waals surface area contributed by atoms with Crippen LogP contribution in [-0.4, -0.2) is 53.6 Å². The van der Waals surface area contributed by atoms with Crippen LogP contribution in [-0.2, 0) is 21.7 Å². The standard InChI is InChI=1S/C18H22Cl2N4O3S/c1-12(15-4-3-14(19)7-16(15)20)22-18(25)10-24-5-6-28(26,27)11-17(24)13-8-21-23(2)9-13/h3-4,7-9,12,17H,5-6,10-11H2,1-2H3,(H,22,25)/t12-,17-/m1/s1. The zero-order valence-corrected chi connectivity index (χ0v) is 17.9. The van der Waals surface area contributed by atoms with Crippen LogP contribution in [0, 0.1) is 0 Å². The highest BCUT2D eigenvalue weighted by Gasteiger charge is 2.34. The first-order valence-corrected chi connectivity index (χ1v) is 11.4. The summed E-state index contributed by atoms with van der Waals surface area (Å²) in [6, 6.07) is 4.44. The van der Waals surface area contributed by atoms with E-state index in [1.807, 2.05) is 11.8 Å². The van der Waals surface area contributed by atoms with E-state index in [1.54, 1.807) is 42.3 Å². The number of nitrogens with zero attached hydrogens (tertiary/aromatic N) is 3. The number of aryl methyl sites for hydroxylation is 1. The second-order valence-corrected chi connectivity index (χ2v) is 10.1. The molecule has 0 aliphatic carbocycles. The van der Waals surface area contributed by atoms with Crippen molar-refractivity contribution in [2.45, 2.75) is 19.0 Å². The Balaban J connectivity index is 1.70. The molecule has 1 saturated heterocycles. The third-order valence-corrected chi connectivity index (χ3v) is 7.00. The van der Waals surface area contributed by atoms with Crippen LogP contribution in [0.2, 0.25) is 10.0 Å². The van der Waals surface area contributed by atoms with Crippen LogP contribution in [0.4, 0.5) is 0 Å². The van der Waals surface area contributed by atoms with Crippen molar-refractivity contribution < 1.29 is 13.2 Å². The molecule has 1 aliphatic heterocycles. The molecule has 2 heterocycles. The first kappa shape index (κ1) is 21.1. The summed E-state index contributed by atoms with van der Waals surface area (Å²) in [5, 5.41) is 8.06. The lowest BCUT2D eigenvalue weighted by Gasteiger charge is -2.34. The predicted molar refractivity (Wildman–Crippen MR) is 109 cm³/mol. The predicted octanol–water partition coefficient (Wildman–Crippen LogP) is 2.38. The first-order valence-electron chi connectivity index (χ1n) is 8.82. The van der Waals surface area contributed by atoms with E-state index in [0.717, 1.165) is 11.1 Å². The lowest BCUT2D eigenvalue weighted by atomic mass is 10.1. The minimum atomic E-state index is -3.16. The van der Waals surface area contributed by atoms with Crippen molar-refractivity contribution in [3.05, 3.63) is 51.8 Å². The molecule has 2 atom stereocenters. The third-order valence-electron chi connectivity index (χ3n) is 4.80. The minimum absolute atomic E-state index is 0.0233. The van der Waals surface area contributed by atoms with Crippen molar-refractivity contribution >= 4 is 38.9 Å². The second-order valence-electron chi connectivity index (χ2n) is 7.00. The smallest absolute Gasteiger partial charge is 0.234 e. The van der Waals surface area contributed by atoms with Gasteiger partial charge in [0, 0.05) is 35.4 Å².